The summed E-state index contributed by atoms with van der Waals surface area (Å²) in [5.74, 6) is 0.766. The minimum absolute atomic E-state index is 0.0333. The predicted octanol–water partition coefficient (Wildman–Crippen LogP) is 3.95. The molecule has 154 valence electrons. The standard InChI is InChI=1S/C23H24N4O3/c1-17(2)27(18-10-5-3-6-11-18)21(28)16-29-26-22(24)20-14-9-15-25-23(20)30-19-12-7-4-8-13-19/h3-15,17H,16H2,1-2H3,(H2,24,26). The number of amidine groups is 1. The van der Waals surface area contributed by atoms with Crippen molar-refractivity contribution in [1.82, 2.24) is 4.98 Å². The second-order valence-electron chi connectivity index (χ2n) is 6.71. The third-order valence-electron chi connectivity index (χ3n) is 4.18. The van der Waals surface area contributed by atoms with Crippen molar-refractivity contribution in [3.8, 4) is 11.6 Å². The Labute approximate surface area is 175 Å². The number of rotatable bonds is 8. The minimum Gasteiger partial charge on any atom is -0.438 e. The number of carbonyl (C=O) groups is 1. The predicted molar refractivity (Wildman–Crippen MR) is 116 cm³/mol. The molecule has 30 heavy (non-hydrogen) atoms. The van der Waals surface area contributed by atoms with E-state index in [1.165, 1.54) is 0 Å². The number of benzene rings is 2. The van der Waals surface area contributed by atoms with Crippen molar-refractivity contribution in [2.24, 2.45) is 10.9 Å². The van der Waals surface area contributed by atoms with Gasteiger partial charge in [-0.05, 0) is 50.2 Å². The number of hydrogen-bond acceptors (Lipinski definition) is 5. The zero-order valence-corrected chi connectivity index (χ0v) is 16.9. The van der Waals surface area contributed by atoms with Crippen molar-refractivity contribution in [1.29, 1.82) is 0 Å². The molecule has 0 aliphatic carbocycles. The number of ether oxygens (including phenoxy) is 1. The van der Waals surface area contributed by atoms with Gasteiger partial charge >= 0.3 is 0 Å². The van der Waals surface area contributed by atoms with E-state index in [1.807, 2.05) is 74.5 Å². The van der Waals surface area contributed by atoms with Crippen LogP contribution in [0.4, 0.5) is 5.69 Å². The van der Waals surface area contributed by atoms with E-state index in [0.717, 1.165) is 5.69 Å². The Morgan fingerprint density at radius 1 is 1.03 bits per heavy atom. The first-order chi connectivity index (χ1) is 14.6. The van der Waals surface area contributed by atoms with E-state index >= 15 is 0 Å². The van der Waals surface area contributed by atoms with Crippen LogP contribution in [-0.4, -0.2) is 29.4 Å². The van der Waals surface area contributed by atoms with E-state index in [-0.39, 0.29) is 24.4 Å². The van der Waals surface area contributed by atoms with Crippen LogP contribution in [0, 0.1) is 0 Å². The number of para-hydroxylation sites is 2. The van der Waals surface area contributed by atoms with Crippen LogP contribution in [-0.2, 0) is 9.63 Å². The molecule has 7 nitrogen and oxygen atoms in total. The van der Waals surface area contributed by atoms with Gasteiger partial charge in [0.25, 0.3) is 5.91 Å². The van der Waals surface area contributed by atoms with E-state index in [0.29, 0.717) is 17.2 Å². The molecule has 0 aliphatic rings. The van der Waals surface area contributed by atoms with Crippen molar-refractivity contribution >= 4 is 17.4 Å². The Hall–Kier alpha value is -3.87. The maximum Gasteiger partial charge on any atom is 0.267 e. The first-order valence-electron chi connectivity index (χ1n) is 9.57. The largest absolute Gasteiger partial charge is 0.438 e. The maximum atomic E-state index is 12.7. The van der Waals surface area contributed by atoms with Gasteiger partial charge in [-0.15, -0.1) is 0 Å². The Morgan fingerprint density at radius 3 is 2.37 bits per heavy atom. The second kappa shape index (κ2) is 10.1. The van der Waals surface area contributed by atoms with Crippen LogP contribution in [0.5, 0.6) is 11.6 Å². The summed E-state index contributed by atoms with van der Waals surface area (Å²) in [5.41, 5.74) is 7.33. The molecule has 2 aromatic carbocycles. The summed E-state index contributed by atoms with van der Waals surface area (Å²) >= 11 is 0. The van der Waals surface area contributed by atoms with E-state index in [1.54, 1.807) is 23.2 Å². The Balaban J connectivity index is 1.69. The summed E-state index contributed by atoms with van der Waals surface area (Å²) in [4.78, 5) is 23.8. The number of hydrogen-bond donors (Lipinski definition) is 1. The fourth-order valence-corrected chi connectivity index (χ4v) is 2.86. The fourth-order valence-electron chi connectivity index (χ4n) is 2.86. The molecule has 0 saturated carbocycles. The van der Waals surface area contributed by atoms with Crippen molar-refractivity contribution in [2.45, 2.75) is 19.9 Å². The number of carbonyl (C=O) groups excluding carboxylic acids is 1. The maximum absolute atomic E-state index is 12.7. The van der Waals surface area contributed by atoms with Crippen LogP contribution < -0.4 is 15.4 Å². The molecule has 1 aromatic heterocycles. The molecular weight excluding hydrogens is 380 g/mol. The van der Waals surface area contributed by atoms with E-state index in [9.17, 15) is 4.79 Å². The molecule has 1 amide bonds. The van der Waals surface area contributed by atoms with Crippen LogP contribution in [0.2, 0.25) is 0 Å². The van der Waals surface area contributed by atoms with E-state index in [4.69, 9.17) is 15.3 Å². The monoisotopic (exact) mass is 404 g/mol. The Morgan fingerprint density at radius 2 is 1.70 bits per heavy atom. The van der Waals surface area contributed by atoms with Gasteiger partial charge in [0, 0.05) is 17.9 Å². The molecule has 3 aromatic rings. The molecule has 0 aliphatic heterocycles. The van der Waals surface area contributed by atoms with Gasteiger partial charge in [-0.1, -0.05) is 41.6 Å². The van der Waals surface area contributed by atoms with Gasteiger partial charge in [-0.3, -0.25) is 4.79 Å². The van der Waals surface area contributed by atoms with Crippen LogP contribution in [0.1, 0.15) is 19.4 Å². The molecule has 0 fully saturated rings. The van der Waals surface area contributed by atoms with Crippen LogP contribution >= 0.6 is 0 Å². The number of nitrogens with two attached hydrogens (primary N) is 1. The summed E-state index contributed by atoms with van der Waals surface area (Å²) in [6, 6.07) is 22.0. The molecule has 0 saturated heterocycles. The van der Waals surface area contributed by atoms with Gasteiger partial charge in [-0.2, -0.15) is 0 Å². The molecule has 1 heterocycles. The van der Waals surface area contributed by atoms with E-state index < -0.39 is 0 Å². The lowest BCUT2D eigenvalue weighted by Crippen LogP contribution is -2.39. The number of oxime groups is 1. The number of amides is 1. The number of anilines is 1. The molecule has 3 rings (SSSR count). The molecule has 0 radical (unpaired) electrons. The smallest absolute Gasteiger partial charge is 0.267 e. The van der Waals surface area contributed by atoms with Gasteiger partial charge in [0.2, 0.25) is 5.88 Å². The average Bonchev–Trinajstić information content (AvgIpc) is 2.75. The van der Waals surface area contributed by atoms with Crippen molar-refractivity contribution in [3.63, 3.8) is 0 Å². The average molecular weight is 404 g/mol. The van der Waals surface area contributed by atoms with Crippen LogP contribution in [0.3, 0.4) is 0 Å². The zero-order valence-electron chi connectivity index (χ0n) is 16.9. The van der Waals surface area contributed by atoms with Crippen molar-refractivity contribution in [2.75, 3.05) is 11.5 Å². The SMILES string of the molecule is CC(C)N(C(=O)CO/N=C(/N)c1cccnc1Oc1ccccc1)c1ccccc1. The normalized spacial score (nSPS) is 11.2. The molecule has 0 bridgehead atoms. The van der Waals surface area contributed by atoms with Gasteiger partial charge in [0.15, 0.2) is 12.4 Å². The summed E-state index contributed by atoms with van der Waals surface area (Å²) < 4.78 is 5.78. The Kier molecular flexibility index (Phi) is 7.00. The summed E-state index contributed by atoms with van der Waals surface area (Å²) in [5, 5.41) is 3.90. The molecule has 0 atom stereocenters. The molecular formula is C23H24N4O3. The summed E-state index contributed by atoms with van der Waals surface area (Å²) in [6.07, 6.45) is 1.60. The molecule has 7 heteroatoms. The lowest BCUT2D eigenvalue weighted by atomic mass is 10.2. The fraction of sp³-hybridized carbons (Fsp3) is 0.174. The van der Waals surface area contributed by atoms with Gasteiger partial charge < -0.3 is 20.2 Å². The highest BCUT2D eigenvalue weighted by atomic mass is 16.6. The topological polar surface area (TPSA) is 90.0 Å². The number of nitrogens with zero attached hydrogens (tertiary/aromatic N) is 3. The highest BCUT2D eigenvalue weighted by Crippen LogP contribution is 2.22. The first-order valence-corrected chi connectivity index (χ1v) is 9.57. The van der Waals surface area contributed by atoms with Gasteiger partial charge in [0.05, 0.1) is 5.56 Å². The Bertz CT molecular complexity index is 992. The molecule has 0 unspecified atom stereocenters. The van der Waals surface area contributed by atoms with Gasteiger partial charge in [-0.25, -0.2) is 4.98 Å². The lowest BCUT2D eigenvalue weighted by Gasteiger charge is -2.26. The second-order valence-corrected chi connectivity index (χ2v) is 6.71. The summed E-state index contributed by atoms with van der Waals surface area (Å²) in [7, 11) is 0. The first kappa shape index (κ1) is 20.9. The lowest BCUT2D eigenvalue weighted by molar-refractivity contribution is -0.123. The zero-order chi connectivity index (χ0) is 21.3. The minimum atomic E-state index is -0.247. The van der Waals surface area contributed by atoms with E-state index in [2.05, 4.69) is 10.1 Å². The quantitative estimate of drug-likeness (QED) is 0.349. The number of aromatic nitrogens is 1. The van der Waals surface area contributed by atoms with Gasteiger partial charge in [0.1, 0.15) is 5.75 Å². The molecule has 0 spiro atoms. The third-order valence-corrected chi connectivity index (χ3v) is 4.18. The van der Waals surface area contributed by atoms with Crippen molar-refractivity contribution < 1.29 is 14.4 Å². The third kappa shape index (κ3) is 5.35. The van der Waals surface area contributed by atoms with Crippen LogP contribution in [0.25, 0.3) is 0 Å². The highest BCUT2D eigenvalue weighted by Gasteiger charge is 2.19. The molecule has 2 N–H and O–H groups in total. The highest BCUT2D eigenvalue weighted by molar-refractivity contribution is 5.99. The van der Waals surface area contributed by atoms with Crippen molar-refractivity contribution in [3.05, 3.63) is 84.6 Å². The summed E-state index contributed by atoms with van der Waals surface area (Å²) in [6.45, 7) is 3.62. The van der Waals surface area contributed by atoms with Crippen LogP contribution in [0.15, 0.2) is 84.1 Å². The number of pyridine rings is 1.